The molecule has 6 heterocycles. The van der Waals surface area contributed by atoms with Crippen LogP contribution >= 0.6 is 7.14 Å². The van der Waals surface area contributed by atoms with Crippen molar-refractivity contribution in [1.82, 2.24) is 24.9 Å². The average Bonchev–Trinajstić information content (AvgIpc) is 3.45. The van der Waals surface area contributed by atoms with Crippen molar-refractivity contribution in [2.24, 2.45) is 0 Å². The first kappa shape index (κ1) is 70.1. The zero-order valence-electron chi connectivity index (χ0n) is 46.4. The van der Waals surface area contributed by atoms with Crippen molar-refractivity contribution in [2.75, 3.05) is 55.0 Å². The lowest BCUT2D eigenvalue weighted by Gasteiger charge is -2.02. The SMILES string of the molecule is COC(=O)/C=C/c1ccc(C)[n+]([O-])c1.COC(=O)/C=C/c1ccc(C)nc1.COC(=O)/C=C/c1ccc(CO)nc1.COC(=O)CP(C)(C)=O.COC(=O)c1ccc(C)nc1.Cc1ccc(C=O)cn1.Cc1ccc(CO)cn1. The van der Waals surface area contributed by atoms with E-state index in [0.717, 1.165) is 50.5 Å². The maximum absolute atomic E-state index is 11.1. The zero-order valence-corrected chi connectivity index (χ0v) is 47.3. The van der Waals surface area contributed by atoms with E-state index in [0.29, 0.717) is 28.1 Å². The Bertz CT molecular complexity index is 2910. The van der Waals surface area contributed by atoms with Crippen LogP contribution in [0.2, 0.25) is 0 Å². The van der Waals surface area contributed by atoms with Gasteiger partial charge in [0, 0.05) is 96.1 Å². The summed E-state index contributed by atoms with van der Waals surface area (Å²) in [5.74, 6) is -1.96. The molecule has 0 radical (unpaired) electrons. The zero-order chi connectivity index (χ0) is 59.8. The third-order valence-electron chi connectivity index (χ3n) is 9.21. The number of methoxy groups -OCH3 is 5. The van der Waals surface area contributed by atoms with Crippen LogP contribution in [0.25, 0.3) is 18.2 Å². The molecule has 22 heteroatoms. The fourth-order valence-electron chi connectivity index (χ4n) is 4.79. The van der Waals surface area contributed by atoms with E-state index in [-0.39, 0.29) is 31.3 Å². The van der Waals surface area contributed by atoms with Gasteiger partial charge in [-0.25, -0.2) is 19.2 Å². The van der Waals surface area contributed by atoms with E-state index in [2.05, 4.69) is 48.6 Å². The summed E-state index contributed by atoms with van der Waals surface area (Å²) < 4.78 is 33.7. The van der Waals surface area contributed by atoms with E-state index in [9.17, 15) is 38.5 Å². The normalized spacial score (nSPS) is 10.1. The number of rotatable bonds is 12. The second kappa shape index (κ2) is 40.4. The van der Waals surface area contributed by atoms with Crippen molar-refractivity contribution < 1.29 is 72.0 Å². The molecule has 0 aliphatic rings. The fourth-order valence-corrected chi connectivity index (χ4v) is 5.55. The molecule has 21 nitrogen and oxygen atoms in total. The minimum absolute atomic E-state index is 0.0451. The Kier molecular flexibility index (Phi) is 35.8. The minimum Gasteiger partial charge on any atom is -0.618 e. The van der Waals surface area contributed by atoms with E-state index in [4.69, 9.17) is 10.2 Å². The van der Waals surface area contributed by atoms with Gasteiger partial charge in [0.25, 0.3) is 0 Å². The summed E-state index contributed by atoms with van der Waals surface area (Å²) in [7, 11) is 4.39. The maximum atomic E-state index is 11.1. The molecular formula is C57H69N6O15P. The second-order valence-electron chi connectivity index (χ2n) is 16.3. The Morgan fingerprint density at radius 1 is 0.532 bits per heavy atom. The Labute approximate surface area is 460 Å². The number of ether oxygens (including phenoxy) is 5. The molecule has 6 aromatic heterocycles. The Balaban J connectivity index is 0.000000906. The summed E-state index contributed by atoms with van der Waals surface area (Å²) in [6.07, 6.45) is 19.0. The van der Waals surface area contributed by atoms with Crippen LogP contribution in [0, 0.1) is 39.8 Å². The summed E-state index contributed by atoms with van der Waals surface area (Å²) in [6.45, 7) is 12.4. The van der Waals surface area contributed by atoms with Gasteiger partial charge in [0.15, 0.2) is 18.2 Å². The van der Waals surface area contributed by atoms with Crippen LogP contribution in [0.3, 0.4) is 0 Å². The molecule has 0 aromatic carbocycles. The Hall–Kier alpha value is -8.91. The first-order valence-corrected chi connectivity index (χ1v) is 26.2. The molecule has 0 aliphatic carbocycles. The molecule has 6 rings (SSSR count). The third kappa shape index (κ3) is 35.1. The van der Waals surface area contributed by atoms with Gasteiger partial charge in [-0.05, 0) is 124 Å². The van der Waals surface area contributed by atoms with Crippen LogP contribution in [0.4, 0.5) is 0 Å². The lowest BCUT2D eigenvalue weighted by atomic mass is 10.2. The van der Waals surface area contributed by atoms with Gasteiger partial charge in [0.05, 0.1) is 73.3 Å². The van der Waals surface area contributed by atoms with E-state index < -0.39 is 25.0 Å². The minimum atomic E-state index is -2.21. The highest BCUT2D eigenvalue weighted by atomic mass is 31.2. The molecular weight excluding hydrogens is 1040 g/mol. The lowest BCUT2D eigenvalue weighted by Crippen LogP contribution is -2.29. The van der Waals surface area contributed by atoms with Gasteiger partial charge in [-0.1, -0.05) is 18.2 Å². The molecule has 0 fully saturated rings. The van der Waals surface area contributed by atoms with Gasteiger partial charge in [-0.15, -0.1) is 0 Å². The van der Waals surface area contributed by atoms with Gasteiger partial charge < -0.3 is 43.7 Å². The number of nitrogens with zero attached hydrogens (tertiary/aromatic N) is 6. The Morgan fingerprint density at radius 2 is 0.962 bits per heavy atom. The second-order valence-corrected chi connectivity index (χ2v) is 19.7. The lowest BCUT2D eigenvalue weighted by molar-refractivity contribution is -0.612. The first-order valence-electron chi connectivity index (χ1n) is 23.4. The molecule has 0 atom stereocenters. The van der Waals surface area contributed by atoms with Crippen molar-refractivity contribution in [3.63, 3.8) is 0 Å². The number of aryl methyl sites for hydroxylation is 5. The fraction of sp³-hybridized carbons (Fsp3) is 0.263. The van der Waals surface area contributed by atoms with Crippen LogP contribution in [-0.2, 0) is 60.6 Å². The summed E-state index contributed by atoms with van der Waals surface area (Å²) >= 11 is 0. The largest absolute Gasteiger partial charge is 0.618 e. The highest BCUT2D eigenvalue weighted by Crippen LogP contribution is 2.35. The highest BCUT2D eigenvalue weighted by molar-refractivity contribution is 7.63. The van der Waals surface area contributed by atoms with E-state index in [1.807, 2.05) is 58.0 Å². The average molecular weight is 1110 g/mol. The smallest absolute Gasteiger partial charge is 0.339 e. The van der Waals surface area contributed by atoms with Gasteiger partial charge in [-0.2, -0.15) is 4.73 Å². The molecule has 6 aromatic rings. The number of aldehydes is 1. The number of aliphatic hydroxyl groups excluding tert-OH is 2. The van der Waals surface area contributed by atoms with Crippen molar-refractivity contribution in [3.05, 3.63) is 201 Å². The van der Waals surface area contributed by atoms with Crippen LogP contribution in [0.15, 0.2) is 128 Å². The topological polar surface area (TPSA) is 297 Å². The molecule has 0 amide bonds. The maximum Gasteiger partial charge on any atom is 0.339 e. The number of hydrogen-bond donors (Lipinski definition) is 2. The van der Waals surface area contributed by atoms with Crippen LogP contribution in [-0.4, -0.2) is 126 Å². The molecule has 0 aliphatic heterocycles. The summed E-state index contributed by atoms with van der Waals surface area (Å²) in [4.78, 5) is 83.5. The van der Waals surface area contributed by atoms with Gasteiger partial charge in [0.2, 0.25) is 0 Å². The van der Waals surface area contributed by atoms with Crippen molar-refractivity contribution in [2.45, 2.75) is 47.8 Å². The molecule has 422 valence electrons. The molecule has 79 heavy (non-hydrogen) atoms. The van der Waals surface area contributed by atoms with Crippen molar-refractivity contribution in [1.29, 1.82) is 0 Å². The highest BCUT2D eigenvalue weighted by Gasteiger charge is 2.13. The number of aliphatic hydroxyl groups is 2. The quantitative estimate of drug-likeness (QED) is 0.0233. The number of carbonyl (C=O) groups excluding carboxylic acids is 6. The number of hydrogen-bond acceptors (Lipinski definition) is 20. The van der Waals surface area contributed by atoms with Crippen molar-refractivity contribution >= 4 is 61.5 Å². The monoisotopic (exact) mass is 1110 g/mol. The molecule has 0 saturated carbocycles. The summed E-state index contributed by atoms with van der Waals surface area (Å²) in [6, 6.07) is 21.4. The van der Waals surface area contributed by atoms with Crippen LogP contribution in [0.1, 0.15) is 77.1 Å². The summed E-state index contributed by atoms with van der Waals surface area (Å²) in [5.41, 5.74) is 9.26. The number of aromatic nitrogens is 6. The Morgan fingerprint density at radius 3 is 1.29 bits per heavy atom. The third-order valence-corrected chi connectivity index (χ3v) is 10.2. The number of pyridine rings is 6. The molecule has 0 unspecified atom stereocenters. The van der Waals surface area contributed by atoms with Gasteiger partial charge in [-0.3, -0.25) is 34.5 Å². The molecule has 0 spiro atoms. The van der Waals surface area contributed by atoms with Gasteiger partial charge >= 0.3 is 29.8 Å². The predicted octanol–water partition coefficient (Wildman–Crippen LogP) is 7.19. The standard InChI is InChI=1S/2C10H11NO3.C10H11NO2.C8H9NO2.C7H9NO.C7H7NO.C5H11O3P/c1-8-3-4-9(7-11(8)13)5-6-10(12)14-2;1-14-10(13)5-3-8-2-4-9(7-12)11-6-8;1-8-3-4-9(7-11-8)5-6-10(12)13-2;1-6-3-4-7(5-9-6)8(10)11-2;2*1-6-2-3-7(5-9)4-8-6;1-8-5(6)4-9(2,3)7/h3-7H,1-2H3;2-6,12H,7H2,1H3;3-7H,1-2H3;3-5H,1-2H3;2-4,9H,5H2,1H3;2-5H,1H3;4H2,1-3H3/b6-5+;5-3+;6-5+;;;;. The number of esters is 5. The molecule has 0 bridgehead atoms. The van der Waals surface area contributed by atoms with Crippen LogP contribution in [0.5, 0.6) is 0 Å². The van der Waals surface area contributed by atoms with Gasteiger partial charge in [0.1, 0.15) is 0 Å². The predicted molar refractivity (Wildman–Crippen MR) is 298 cm³/mol. The van der Waals surface area contributed by atoms with E-state index >= 15 is 0 Å². The first-order chi connectivity index (χ1) is 37.4. The molecule has 2 N–H and O–H groups in total. The van der Waals surface area contributed by atoms with Crippen LogP contribution < -0.4 is 4.73 Å². The molecule has 0 saturated heterocycles. The van der Waals surface area contributed by atoms with E-state index in [1.165, 1.54) is 72.2 Å². The summed E-state index contributed by atoms with van der Waals surface area (Å²) in [5, 5.41) is 28.4. The van der Waals surface area contributed by atoms with E-state index in [1.54, 1.807) is 99.7 Å². The number of carbonyl (C=O) groups is 6. The van der Waals surface area contributed by atoms with Crippen molar-refractivity contribution in [3.8, 4) is 0 Å².